The predicted molar refractivity (Wildman–Crippen MR) is 69.4 cm³/mol. The lowest BCUT2D eigenvalue weighted by molar-refractivity contribution is 0.281. The van der Waals surface area contributed by atoms with Crippen molar-refractivity contribution < 1.29 is 9.50 Å². The molecule has 0 bridgehead atoms. The van der Waals surface area contributed by atoms with Crippen LogP contribution in [0.15, 0.2) is 36.5 Å². The maximum Gasteiger partial charge on any atom is 0.146 e. The van der Waals surface area contributed by atoms with Gasteiger partial charge < -0.3 is 10.0 Å². The quantitative estimate of drug-likeness (QED) is 0.904. The molecule has 0 atom stereocenters. The van der Waals surface area contributed by atoms with E-state index < -0.39 is 0 Å². The maximum absolute atomic E-state index is 13.7. The first-order valence-electron chi connectivity index (χ1n) is 5.68. The van der Waals surface area contributed by atoms with Crippen LogP contribution in [0.25, 0.3) is 0 Å². The molecule has 1 heterocycles. The van der Waals surface area contributed by atoms with E-state index >= 15 is 0 Å². The number of rotatable bonds is 3. The van der Waals surface area contributed by atoms with Crippen molar-refractivity contribution in [2.75, 3.05) is 11.9 Å². The van der Waals surface area contributed by atoms with Crippen molar-refractivity contribution in [1.29, 1.82) is 0 Å². The Labute approximate surface area is 106 Å². The third-order valence-corrected chi connectivity index (χ3v) is 2.82. The van der Waals surface area contributed by atoms with Gasteiger partial charge >= 0.3 is 0 Å². The fourth-order valence-corrected chi connectivity index (χ4v) is 1.90. The van der Waals surface area contributed by atoms with Crippen LogP contribution in [0.3, 0.4) is 0 Å². The topological polar surface area (TPSA) is 36.4 Å². The van der Waals surface area contributed by atoms with Crippen LogP contribution >= 0.6 is 0 Å². The van der Waals surface area contributed by atoms with Crippen molar-refractivity contribution in [2.45, 2.75) is 13.5 Å². The summed E-state index contributed by atoms with van der Waals surface area (Å²) in [6.45, 7) is 1.84. The SMILES string of the molecule is Cc1cc(CO)cnc1N(C)c1ccccc1F. The molecular weight excluding hydrogens is 231 g/mol. The minimum absolute atomic E-state index is 0.0441. The zero-order valence-corrected chi connectivity index (χ0v) is 10.4. The maximum atomic E-state index is 13.7. The Morgan fingerprint density at radius 3 is 2.67 bits per heavy atom. The van der Waals surface area contributed by atoms with E-state index in [1.807, 2.05) is 13.0 Å². The minimum Gasteiger partial charge on any atom is -0.392 e. The summed E-state index contributed by atoms with van der Waals surface area (Å²) in [6.07, 6.45) is 1.60. The standard InChI is InChI=1S/C14H15FN2O/c1-10-7-11(9-18)8-16-14(10)17(2)13-6-4-3-5-12(13)15/h3-8,18H,9H2,1-2H3. The molecule has 0 aliphatic carbocycles. The lowest BCUT2D eigenvalue weighted by atomic mass is 10.2. The van der Waals surface area contributed by atoms with Gasteiger partial charge in [0.1, 0.15) is 11.6 Å². The highest BCUT2D eigenvalue weighted by Gasteiger charge is 2.12. The zero-order chi connectivity index (χ0) is 13.1. The highest BCUT2D eigenvalue weighted by Crippen LogP contribution is 2.27. The Morgan fingerprint density at radius 1 is 1.33 bits per heavy atom. The Kier molecular flexibility index (Phi) is 3.58. The third kappa shape index (κ3) is 2.33. The van der Waals surface area contributed by atoms with Crippen molar-refractivity contribution in [1.82, 2.24) is 4.98 Å². The normalized spacial score (nSPS) is 10.4. The number of aliphatic hydroxyl groups excluding tert-OH is 1. The summed E-state index contributed by atoms with van der Waals surface area (Å²) in [5.74, 6) is 0.393. The van der Waals surface area contributed by atoms with Crippen LogP contribution in [0, 0.1) is 12.7 Å². The molecule has 0 aliphatic rings. The highest BCUT2D eigenvalue weighted by atomic mass is 19.1. The summed E-state index contributed by atoms with van der Waals surface area (Å²) >= 11 is 0. The number of pyridine rings is 1. The van der Waals surface area contributed by atoms with E-state index in [0.717, 1.165) is 11.1 Å². The van der Waals surface area contributed by atoms with Gasteiger partial charge in [0, 0.05) is 13.2 Å². The van der Waals surface area contributed by atoms with E-state index in [0.29, 0.717) is 11.5 Å². The largest absolute Gasteiger partial charge is 0.392 e. The number of nitrogens with zero attached hydrogens (tertiary/aromatic N) is 2. The number of hydrogen-bond acceptors (Lipinski definition) is 3. The fraction of sp³-hybridized carbons (Fsp3) is 0.214. The van der Waals surface area contributed by atoms with Gasteiger partial charge in [-0.3, -0.25) is 0 Å². The monoisotopic (exact) mass is 246 g/mol. The predicted octanol–water partition coefficient (Wildman–Crippen LogP) is 2.79. The van der Waals surface area contributed by atoms with Gasteiger partial charge in [0.25, 0.3) is 0 Å². The minimum atomic E-state index is -0.285. The molecule has 4 heteroatoms. The fourth-order valence-electron chi connectivity index (χ4n) is 1.90. The van der Waals surface area contributed by atoms with Gasteiger partial charge in [-0.05, 0) is 36.2 Å². The van der Waals surface area contributed by atoms with Crippen molar-refractivity contribution >= 4 is 11.5 Å². The number of aromatic nitrogens is 1. The molecule has 1 N–H and O–H groups in total. The Balaban J connectivity index is 2.40. The molecule has 0 saturated heterocycles. The van der Waals surface area contributed by atoms with Crippen LogP contribution in [-0.2, 0) is 6.61 Å². The number of aliphatic hydroxyl groups is 1. The molecule has 94 valence electrons. The molecule has 1 aromatic heterocycles. The van der Waals surface area contributed by atoms with Crippen molar-refractivity contribution in [3.63, 3.8) is 0 Å². The second-order valence-electron chi connectivity index (χ2n) is 4.15. The smallest absolute Gasteiger partial charge is 0.146 e. The van der Waals surface area contributed by atoms with Gasteiger partial charge in [-0.1, -0.05) is 12.1 Å². The van der Waals surface area contributed by atoms with E-state index in [4.69, 9.17) is 5.11 Å². The number of aryl methyl sites for hydroxylation is 1. The van der Waals surface area contributed by atoms with Crippen molar-refractivity contribution in [3.05, 3.63) is 53.5 Å². The molecule has 0 radical (unpaired) electrons. The van der Waals surface area contributed by atoms with Gasteiger partial charge in [0.2, 0.25) is 0 Å². The average molecular weight is 246 g/mol. The average Bonchev–Trinajstić information content (AvgIpc) is 2.38. The molecule has 1 aromatic carbocycles. The van der Waals surface area contributed by atoms with Crippen molar-refractivity contribution in [3.8, 4) is 0 Å². The van der Waals surface area contributed by atoms with Crippen molar-refractivity contribution in [2.24, 2.45) is 0 Å². The molecule has 0 unspecified atom stereocenters. The van der Waals surface area contributed by atoms with Crippen LogP contribution < -0.4 is 4.90 Å². The first-order valence-corrected chi connectivity index (χ1v) is 5.68. The van der Waals surface area contributed by atoms with E-state index in [9.17, 15) is 4.39 Å². The highest BCUT2D eigenvalue weighted by molar-refractivity contribution is 5.62. The van der Waals surface area contributed by atoms with Gasteiger partial charge in [-0.15, -0.1) is 0 Å². The zero-order valence-electron chi connectivity index (χ0n) is 10.4. The number of anilines is 2. The summed E-state index contributed by atoms with van der Waals surface area (Å²) in [5, 5.41) is 9.04. The molecule has 0 spiro atoms. The molecular formula is C14H15FN2O. The lowest BCUT2D eigenvalue weighted by Gasteiger charge is -2.21. The molecule has 0 amide bonds. The number of para-hydroxylation sites is 1. The van der Waals surface area contributed by atoms with E-state index in [1.165, 1.54) is 6.07 Å². The third-order valence-electron chi connectivity index (χ3n) is 2.82. The number of halogens is 1. The van der Waals surface area contributed by atoms with Gasteiger partial charge in [-0.25, -0.2) is 9.37 Å². The molecule has 3 nitrogen and oxygen atoms in total. The van der Waals surface area contributed by atoms with Crippen LogP contribution in [0.4, 0.5) is 15.9 Å². The lowest BCUT2D eigenvalue weighted by Crippen LogP contribution is -2.14. The summed E-state index contributed by atoms with van der Waals surface area (Å²) < 4.78 is 13.7. The van der Waals surface area contributed by atoms with Gasteiger partial charge in [0.15, 0.2) is 0 Å². The van der Waals surface area contributed by atoms with Gasteiger partial charge in [-0.2, -0.15) is 0 Å². The number of benzene rings is 1. The van der Waals surface area contributed by atoms with E-state index in [1.54, 1.807) is 36.3 Å². The first kappa shape index (κ1) is 12.5. The van der Waals surface area contributed by atoms with E-state index in [2.05, 4.69) is 4.98 Å². The summed E-state index contributed by atoms with van der Waals surface area (Å²) in [4.78, 5) is 5.97. The van der Waals surface area contributed by atoms with Crippen LogP contribution in [0.5, 0.6) is 0 Å². The Bertz CT molecular complexity index is 557. The molecule has 0 fully saturated rings. The molecule has 0 saturated carbocycles. The van der Waals surface area contributed by atoms with E-state index in [-0.39, 0.29) is 12.4 Å². The van der Waals surface area contributed by atoms with Crippen LogP contribution in [-0.4, -0.2) is 17.1 Å². The summed E-state index contributed by atoms with van der Waals surface area (Å²) in [5.41, 5.74) is 2.12. The first-order chi connectivity index (χ1) is 8.63. The number of hydrogen-bond donors (Lipinski definition) is 1. The Morgan fingerprint density at radius 2 is 2.06 bits per heavy atom. The molecule has 18 heavy (non-hydrogen) atoms. The second-order valence-corrected chi connectivity index (χ2v) is 4.15. The summed E-state index contributed by atoms with van der Waals surface area (Å²) in [6, 6.07) is 8.41. The van der Waals surface area contributed by atoms with Gasteiger partial charge in [0.05, 0.1) is 12.3 Å². The summed E-state index contributed by atoms with van der Waals surface area (Å²) in [7, 11) is 1.77. The van der Waals surface area contributed by atoms with Crippen LogP contribution in [0.2, 0.25) is 0 Å². The van der Waals surface area contributed by atoms with Crippen LogP contribution in [0.1, 0.15) is 11.1 Å². The molecule has 2 aromatic rings. The molecule has 0 aliphatic heterocycles. The molecule has 2 rings (SSSR count). The second kappa shape index (κ2) is 5.14. The Hall–Kier alpha value is -1.94.